The number of carbonyl (C=O) groups is 8. The number of carbonyl (C=O) groups excluding carboxylic acids is 6. The number of amides is 1. The maximum atomic E-state index is 15.5. The summed E-state index contributed by atoms with van der Waals surface area (Å²) in [5.74, 6) is -8.99. The number of ketones is 1. The second-order valence-corrected chi connectivity index (χ2v) is 18.6. The molecule has 2 saturated carbocycles. The van der Waals surface area contributed by atoms with Crippen LogP contribution in [0.25, 0.3) is 0 Å². The van der Waals surface area contributed by atoms with Crippen LogP contribution in [0.2, 0.25) is 0 Å². The third-order valence-corrected chi connectivity index (χ3v) is 14.0. The van der Waals surface area contributed by atoms with Crippen LogP contribution in [0, 0.1) is 16.7 Å². The van der Waals surface area contributed by atoms with Crippen LogP contribution in [0.4, 0.5) is 0 Å². The molecule has 19 nitrogen and oxygen atoms in total. The summed E-state index contributed by atoms with van der Waals surface area (Å²) in [4.78, 5) is 103. The number of carboxylic acids is 2. The minimum Gasteiger partial charge on any atom is -0.481 e. The number of ether oxygens (including phenoxy) is 5. The van der Waals surface area contributed by atoms with E-state index in [0.717, 1.165) is 13.8 Å². The van der Waals surface area contributed by atoms with Crippen LogP contribution < -0.4 is 5.32 Å². The highest BCUT2D eigenvalue weighted by Gasteiger charge is 2.78. The smallest absolute Gasteiger partial charge is 0.338 e. The Kier molecular flexibility index (Phi) is 15.5. The first kappa shape index (κ1) is 52.6. The third-order valence-electron chi connectivity index (χ3n) is 14.0. The van der Waals surface area contributed by atoms with Crippen LogP contribution in [0.15, 0.2) is 102 Å². The molecule has 0 aromatic heterocycles. The minimum atomic E-state index is -2.39. The molecule has 1 aliphatic heterocycles. The molecule has 2 bridgehead atoms. The molecule has 11 atom stereocenters. The Hall–Kier alpha value is -6.80. The predicted molar refractivity (Wildman–Crippen MR) is 242 cm³/mol. The summed E-state index contributed by atoms with van der Waals surface area (Å²) in [7, 11) is 0. The zero-order chi connectivity index (χ0) is 51.5. The van der Waals surface area contributed by atoms with Crippen LogP contribution in [-0.2, 0) is 52.5 Å². The maximum Gasteiger partial charge on any atom is 0.338 e. The van der Waals surface area contributed by atoms with Gasteiger partial charge in [0.1, 0.15) is 23.9 Å². The summed E-state index contributed by atoms with van der Waals surface area (Å²) in [6.07, 6.45) is -11.1. The Balaban J connectivity index is 0.000000923. The number of aliphatic hydroxyl groups excluding tert-OH is 2. The normalized spacial score (nSPS) is 29.2. The fourth-order valence-corrected chi connectivity index (χ4v) is 10.4. The maximum absolute atomic E-state index is 15.5. The van der Waals surface area contributed by atoms with E-state index in [2.05, 4.69) is 5.32 Å². The zero-order valence-electron chi connectivity index (χ0n) is 39.4. The molecule has 0 unspecified atom stereocenters. The topological polar surface area (TPSA) is 296 Å². The lowest BCUT2D eigenvalue weighted by molar-refractivity contribution is -0.346. The number of carboxylic acid groups (broad SMARTS) is 2. The summed E-state index contributed by atoms with van der Waals surface area (Å²) in [5.41, 5.74) is -7.02. The fourth-order valence-electron chi connectivity index (χ4n) is 10.4. The molecular weight excluding hydrogens is 915 g/mol. The Labute approximate surface area is 402 Å². The van der Waals surface area contributed by atoms with Gasteiger partial charge >= 0.3 is 35.8 Å². The van der Waals surface area contributed by atoms with E-state index in [-0.39, 0.29) is 48.1 Å². The number of benzene rings is 3. The molecule has 3 aromatic carbocycles. The van der Waals surface area contributed by atoms with Crippen molar-refractivity contribution in [1.82, 2.24) is 5.32 Å². The molecule has 1 heterocycles. The third kappa shape index (κ3) is 9.96. The molecule has 6 N–H and O–H groups in total. The number of aliphatic hydroxyl groups is 3. The van der Waals surface area contributed by atoms with E-state index in [1.165, 1.54) is 26.0 Å². The number of rotatable bonds is 13. The van der Waals surface area contributed by atoms with Crippen LogP contribution in [0.1, 0.15) is 99.5 Å². The summed E-state index contributed by atoms with van der Waals surface area (Å²) >= 11 is 0. The molecule has 7 rings (SSSR count). The lowest BCUT2D eigenvalue weighted by atomic mass is 9.44. The molecule has 1 amide bonds. The average molecular weight is 972 g/mol. The molecule has 1 saturated heterocycles. The van der Waals surface area contributed by atoms with Crippen LogP contribution in [0.5, 0.6) is 0 Å². The first-order chi connectivity index (χ1) is 32.9. The summed E-state index contributed by atoms with van der Waals surface area (Å²) in [6.45, 7) is 7.97. The first-order valence-corrected chi connectivity index (χ1v) is 22.5. The number of fused-ring (bicyclic) bond motifs is 5. The minimum absolute atomic E-state index is 0.00289. The lowest BCUT2D eigenvalue weighted by Crippen LogP contribution is -2.82. The van der Waals surface area contributed by atoms with E-state index in [0.29, 0.717) is 5.56 Å². The monoisotopic (exact) mass is 971 g/mol. The van der Waals surface area contributed by atoms with Gasteiger partial charge in [-0.05, 0) is 54.8 Å². The van der Waals surface area contributed by atoms with Gasteiger partial charge in [0, 0.05) is 37.7 Å². The highest BCUT2D eigenvalue weighted by molar-refractivity contribution is 5.96. The first-order valence-electron chi connectivity index (χ1n) is 22.5. The molecule has 4 aliphatic rings. The van der Waals surface area contributed by atoms with E-state index in [9.17, 15) is 48.9 Å². The predicted octanol–water partition coefficient (Wildman–Crippen LogP) is 3.67. The van der Waals surface area contributed by atoms with Crippen molar-refractivity contribution in [2.24, 2.45) is 16.7 Å². The summed E-state index contributed by atoms with van der Waals surface area (Å²) in [5, 5.41) is 56.0. The number of aliphatic carboxylic acids is 2. The van der Waals surface area contributed by atoms with Gasteiger partial charge in [0.15, 0.2) is 23.6 Å². The SMILES string of the molecule is CC(=O)O[C@H]1C(=O)[C@@]2(C)[C@H]([C@H](OC(=O)c3ccccc3)[C@]3(O)C[C@H](OC(=O)[C@H](O)[C@@H](NC(=O)c4ccccc4)c4ccccc4)C(C)=C1C3(C)C)[C@]1(OC(C)=O)CO[C@@H]1C[C@@H]2O.O=C(O)CCC(=O)O. The molecule has 3 fully saturated rings. The van der Waals surface area contributed by atoms with Gasteiger partial charge in [0.05, 0.1) is 48.5 Å². The Morgan fingerprint density at radius 3 is 1.83 bits per heavy atom. The van der Waals surface area contributed by atoms with Gasteiger partial charge in [-0.2, -0.15) is 0 Å². The zero-order valence-corrected chi connectivity index (χ0v) is 39.4. The molecule has 3 aromatic rings. The number of hydrogen-bond donors (Lipinski definition) is 6. The second kappa shape index (κ2) is 20.7. The Morgan fingerprint density at radius 2 is 1.33 bits per heavy atom. The van der Waals surface area contributed by atoms with Gasteiger partial charge in [0.2, 0.25) is 0 Å². The quantitative estimate of drug-likeness (QED) is 0.0809. The number of Topliss-reactive ketones (excluding diaryl/α,β-unsaturated/α-hetero) is 1. The van der Waals surface area contributed by atoms with Gasteiger partial charge in [-0.1, -0.05) is 80.6 Å². The molecule has 3 aliphatic carbocycles. The highest BCUT2D eigenvalue weighted by Crippen LogP contribution is 2.64. The molecule has 0 radical (unpaired) electrons. The van der Waals surface area contributed by atoms with E-state index >= 15 is 4.79 Å². The van der Waals surface area contributed by atoms with Gasteiger partial charge < -0.3 is 54.5 Å². The molecule has 70 heavy (non-hydrogen) atoms. The van der Waals surface area contributed by atoms with Crippen LogP contribution in [0.3, 0.4) is 0 Å². The molecular formula is C51H57NO18. The van der Waals surface area contributed by atoms with E-state index in [1.807, 2.05) is 0 Å². The lowest BCUT2D eigenvalue weighted by Gasteiger charge is -2.67. The Bertz CT molecular complexity index is 2520. The van der Waals surface area contributed by atoms with E-state index < -0.39 is 125 Å². The number of esters is 4. The van der Waals surface area contributed by atoms with Crippen molar-refractivity contribution in [2.75, 3.05) is 6.61 Å². The van der Waals surface area contributed by atoms with Crippen molar-refractivity contribution in [3.05, 3.63) is 119 Å². The van der Waals surface area contributed by atoms with Gasteiger partial charge in [-0.3, -0.25) is 28.8 Å². The fraction of sp³-hybridized carbons (Fsp3) is 0.451. The van der Waals surface area contributed by atoms with Crippen molar-refractivity contribution in [3.63, 3.8) is 0 Å². The summed E-state index contributed by atoms with van der Waals surface area (Å²) in [6, 6.07) is 22.9. The molecule has 374 valence electrons. The van der Waals surface area contributed by atoms with Crippen molar-refractivity contribution in [2.45, 2.75) is 121 Å². The molecule has 19 heteroatoms. The average Bonchev–Trinajstić information content (AvgIpc) is 3.31. The number of nitrogens with one attached hydrogen (secondary N) is 1. The highest BCUT2D eigenvalue weighted by atomic mass is 16.6. The van der Waals surface area contributed by atoms with Crippen LogP contribution in [-0.4, -0.2) is 127 Å². The second-order valence-electron chi connectivity index (χ2n) is 18.6. The summed E-state index contributed by atoms with van der Waals surface area (Å²) < 4.78 is 30.3. The largest absolute Gasteiger partial charge is 0.481 e. The standard InChI is InChI=1S/C47H51NO14.C4H6O4/c1-25-31(60-43(56)36(52)35(28-16-10-7-11-17-28)48-41(54)29-18-12-8-13-19-29)23-47(57)40(61-42(55)30-20-14-9-15-21-30)38-45(6,32(51)22-33-46(38,24-58-33)62-27(3)50)39(53)37(59-26(2)49)34(25)44(47,4)5;5-3(6)1-2-4(7)8/h7-21,31-33,35-38,40,51-52,57H,22-24H2,1-6H3,(H,48,54);1-2H2,(H,5,6)(H,7,8)/t31-,32-,33+,35-,36+,37+,38-,40-,45+,46-,47+;/m0./s1. The van der Waals surface area contributed by atoms with Gasteiger partial charge in [-0.15, -0.1) is 0 Å². The van der Waals surface area contributed by atoms with Gasteiger partial charge in [0.25, 0.3) is 5.91 Å². The van der Waals surface area contributed by atoms with Crippen molar-refractivity contribution >= 4 is 47.5 Å². The number of hydrogen-bond acceptors (Lipinski definition) is 16. The van der Waals surface area contributed by atoms with E-state index in [1.54, 1.807) is 92.7 Å². The van der Waals surface area contributed by atoms with Gasteiger partial charge in [-0.25, -0.2) is 9.59 Å². The molecule has 0 spiro atoms. The Morgan fingerprint density at radius 1 is 0.786 bits per heavy atom. The van der Waals surface area contributed by atoms with Crippen molar-refractivity contribution < 1.29 is 87.6 Å². The van der Waals surface area contributed by atoms with Crippen LogP contribution >= 0.6 is 0 Å². The van der Waals surface area contributed by atoms with Crippen molar-refractivity contribution in [1.29, 1.82) is 0 Å². The van der Waals surface area contributed by atoms with E-state index in [4.69, 9.17) is 33.9 Å². The van der Waals surface area contributed by atoms with Crippen molar-refractivity contribution in [3.8, 4) is 0 Å².